The number of carboxylic acids is 1. The smallest absolute Gasteiger partial charge is 0.410 e. The van der Waals surface area contributed by atoms with Crippen molar-refractivity contribution >= 4 is 12.1 Å². The Morgan fingerprint density at radius 2 is 1.94 bits per heavy atom. The number of likely N-dealkylation sites (tertiary alicyclic amines) is 1. The van der Waals surface area contributed by atoms with E-state index in [9.17, 15) is 14.7 Å². The SMILES string of the molecule is CC1CC(O)(C(=O)O)CCN1C(=O)OC(C)(C)C. The molecule has 0 spiro atoms. The van der Waals surface area contributed by atoms with Gasteiger partial charge < -0.3 is 19.8 Å². The minimum Gasteiger partial charge on any atom is -0.479 e. The average molecular weight is 259 g/mol. The first-order chi connectivity index (χ1) is 8.05. The van der Waals surface area contributed by atoms with Gasteiger partial charge in [-0.3, -0.25) is 0 Å². The first-order valence-electron chi connectivity index (χ1n) is 6.00. The molecule has 0 aliphatic carbocycles. The fraction of sp³-hybridized carbons (Fsp3) is 0.833. The highest BCUT2D eigenvalue weighted by Gasteiger charge is 2.44. The van der Waals surface area contributed by atoms with Crippen molar-refractivity contribution < 1.29 is 24.5 Å². The highest BCUT2D eigenvalue weighted by Crippen LogP contribution is 2.28. The Hall–Kier alpha value is -1.30. The van der Waals surface area contributed by atoms with Crippen LogP contribution in [0.25, 0.3) is 0 Å². The molecule has 1 aliphatic heterocycles. The predicted octanol–water partition coefficient (Wildman–Crippen LogP) is 1.22. The molecule has 1 heterocycles. The van der Waals surface area contributed by atoms with E-state index in [0.29, 0.717) is 0 Å². The quantitative estimate of drug-likeness (QED) is 0.739. The molecule has 0 aromatic heterocycles. The van der Waals surface area contributed by atoms with Crippen LogP contribution in [-0.2, 0) is 9.53 Å². The van der Waals surface area contributed by atoms with Gasteiger partial charge >= 0.3 is 12.1 Å². The van der Waals surface area contributed by atoms with Gasteiger partial charge in [0.25, 0.3) is 0 Å². The largest absolute Gasteiger partial charge is 0.479 e. The van der Waals surface area contributed by atoms with Crippen molar-refractivity contribution in [3.8, 4) is 0 Å². The number of ether oxygens (including phenoxy) is 1. The third-order valence-corrected chi connectivity index (χ3v) is 2.96. The van der Waals surface area contributed by atoms with Gasteiger partial charge in [-0.15, -0.1) is 0 Å². The van der Waals surface area contributed by atoms with E-state index in [4.69, 9.17) is 9.84 Å². The number of aliphatic carboxylic acids is 1. The van der Waals surface area contributed by atoms with Crippen molar-refractivity contribution in [3.63, 3.8) is 0 Å². The highest BCUT2D eigenvalue weighted by atomic mass is 16.6. The second kappa shape index (κ2) is 4.76. The zero-order chi connectivity index (χ0) is 14.1. The molecule has 6 heteroatoms. The van der Waals surface area contributed by atoms with Gasteiger partial charge in [0.15, 0.2) is 5.60 Å². The van der Waals surface area contributed by atoms with Crippen LogP contribution in [0.5, 0.6) is 0 Å². The normalized spacial score (nSPS) is 28.9. The van der Waals surface area contributed by atoms with Gasteiger partial charge in [-0.2, -0.15) is 0 Å². The van der Waals surface area contributed by atoms with E-state index in [2.05, 4.69) is 0 Å². The van der Waals surface area contributed by atoms with E-state index in [1.807, 2.05) is 0 Å². The molecule has 0 aromatic carbocycles. The van der Waals surface area contributed by atoms with Gasteiger partial charge in [-0.1, -0.05) is 0 Å². The molecule has 1 rings (SSSR count). The van der Waals surface area contributed by atoms with Crippen molar-refractivity contribution in [2.24, 2.45) is 0 Å². The molecule has 1 amide bonds. The van der Waals surface area contributed by atoms with Crippen LogP contribution in [0.15, 0.2) is 0 Å². The summed E-state index contributed by atoms with van der Waals surface area (Å²) in [7, 11) is 0. The monoisotopic (exact) mass is 259 g/mol. The van der Waals surface area contributed by atoms with Crippen LogP contribution in [0.1, 0.15) is 40.5 Å². The molecule has 0 saturated carbocycles. The summed E-state index contributed by atoms with van der Waals surface area (Å²) in [6.07, 6.45) is -0.435. The van der Waals surface area contributed by atoms with Gasteiger partial charge in [0.2, 0.25) is 0 Å². The van der Waals surface area contributed by atoms with E-state index in [0.717, 1.165) is 0 Å². The number of hydrogen-bond acceptors (Lipinski definition) is 4. The molecule has 6 nitrogen and oxygen atoms in total. The van der Waals surface area contributed by atoms with Crippen molar-refractivity contribution in [2.45, 2.75) is 57.8 Å². The van der Waals surface area contributed by atoms with Crippen molar-refractivity contribution in [1.29, 1.82) is 0 Å². The zero-order valence-corrected chi connectivity index (χ0v) is 11.3. The summed E-state index contributed by atoms with van der Waals surface area (Å²) < 4.78 is 5.23. The lowest BCUT2D eigenvalue weighted by Crippen LogP contribution is -2.55. The van der Waals surface area contributed by atoms with Crippen molar-refractivity contribution in [1.82, 2.24) is 4.90 Å². The van der Waals surface area contributed by atoms with E-state index in [1.165, 1.54) is 4.90 Å². The second-order valence-corrected chi connectivity index (χ2v) is 5.81. The Morgan fingerprint density at radius 3 is 2.33 bits per heavy atom. The number of nitrogens with zero attached hydrogens (tertiary/aromatic N) is 1. The molecule has 2 atom stereocenters. The molecule has 0 bridgehead atoms. The molecule has 0 aromatic rings. The van der Waals surface area contributed by atoms with Gasteiger partial charge in [-0.05, 0) is 27.7 Å². The van der Waals surface area contributed by atoms with Crippen LogP contribution in [0.3, 0.4) is 0 Å². The number of carbonyl (C=O) groups is 2. The highest BCUT2D eigenvalue weighted by molar-refractivity contribution is 5.78. The number of carboxylic acid groups (broad SMARTS) is 1. The molecule has 18 heavy (non-hydrogen) atoms. The van der Waals surface area contributed by atoms with Gasteiger partial charge in [0, 0.05) is 25.4 Å². The van der Waals surface area contributed by atoms with Crippen LogP contribution in [-0.4, -0.2) is 51.0 Å². The number of rotatable bonds is 1. The molecular weight excluding hydrogens is 238 g/mol. The average Bonchev–Trinajstić information content (AvgIpc) is 2.13. The maximum Gasteiger partial charge on any atom is 0.410 e. The molecule has 104 valence electrons. The third-order valence-electron chi connectivity index (χ3n) is 2.96. The predicted molar refractivity (Wildman–Crippen MR) is 64.2 cm³/mol. The number of aliphatic hydroxyl groups is 1. The Bertz CT molecular complexity index is 349. The zero-order valence-electron chi connectivity index (χ0n) is 11.3. The van der Waals surface area contributed by atoms with Crippen LogP contribution in [0.2, 0.25) is 0 Å². The number of amides is 1. The number of carbonyl (C=O) groups excluding carboxylic acids is 1. The molecule has 1 fully saturated rings. The Labute approximate surface area is 107 Å². The second-order valence-electron chi connectivity index (χ2n) is 5.81. The van der Waals surface area contributed by atoms with Gasteiger partial charge in [0.05, 0.1) is 0 Å². The summed E-state index contributed by atoms with van der Waals surface area (Å²) in [6, 6.07) is -0.366. The van der Waals surface area contributed by atoms with Crippen LogP contribution in [0, 0.1) is 0 Å². The lowest BCUT2D eigenvalue weighted by Gasteiger charge is -2.40. The number of hydrogen-bond donors (Lipinski definition) is 2. The first kappa shape index (κ1) is 14.8. The fourth-order valence-corrected chi connectivity index (χ4v) is 2.01. The summed E-state index contributed by atoms with van der Waals surface area (Å²) in [5.41, 5.74) is -2.32. The minimum absolute atomic E-state index is 0.0155. The first-order valence-corrected chi connectivity index (χ1v) is 6.00. The third kappa shape index (κ3) is 3.35. The lowest BCUT2D eigenvalue weighted by atomic mass is 9.87. The molecule has 2 unspecified atom stereocenters. The van der Waals surface area contributed by atoms with Crippen molar-refractivity contribution in [3.05, 3.63) is 0 Å². The molecule has 2 N–H and O–H groups in total. The van der Waals surface area contributed by atoms with E-state index >= 15 is 0 Å². The van der Waals surface area contributed by atoms with Crippen LogP contribution in [0.4, 0.5) is 4.79 Å². The van der Waals surface area contributed by atoms with E-state index in [-0.39, 0.29) is 25.4 Å². The summed E-state index contributed by atoms with van der Waals surface area (Å²) in [4.78, 5) is 24.3. The Kier molecular flexibility index (Phi) is 3.90. The maximum absolute atomic E-state index is 11.9. The maximum atomic E-state index is 11.9. The molecule has 0 radical (unpaired) electrons. The van der Waals surface area contributed by atoms with Crippen LogP contribution >= 0.6 is 0 Å². The van der Waals surface area contributed by atoms with E-state index < -0.39 is 23.3 Å². The van der Waals surface area contributed by atoms with Crippen molar-refractivity contribution in [2.75, 3.05) is 6.54 Å². The number of piperidine rings is 1. The minimum atomic E-state index is -1.74. The van der Waals surface area contributed by atoms with E-state index in [1.54, 1.807) is 27.7 Å². The standard InChI is InChI=1S/C12H21NO5/c1-8-7-12(17,9(14)15)5-6-13(8)10(16)18-11(2,3)4/h8,17H,5-7H2,1-4H3,(H,14,15). The summed E-state index contributed by atoms with van der Waals surface area (Å²) in [5, 5.41) is 18.8. The topological polar surface area (TPSA) is 87.1 Å². The summed E-state index contributed by atoms with van der Waals surface area (Å²) >= 11 is 0. The molecule has 1 aliphatic rings. The Balaban J connectivity index is 2.68. The Morgan fingerprint density at radius 1 is 1.39 bits per heavy atom. The summed E-state index contributed by atoms with van der Waals surface area (Å²) in [5.74, 6) is -1.24. The van der Waals surface area contributed by atoms with Gasteiger partial charge in [0.1, 0.15) is 5.60 Å². The fourth-order valence-electron chi connectivity index (χ4n) is 2.01. The van der Waals surface area contributed by atoms with Crippen LogP contribution < -0.4 is 0 Å². The summed E-state index contributed by atoms with van der Waals surface area (Å²) in [6.45, 7) is 7.20. The molecule has 1 saturated heterocycles. The lowest BCUT2D eigenvalue weighted by molar-refractivity contribution is -0.165. The molecular formula is C12H21NO5. The van der Waals surface area contributed by atoms with Gasteiger partial charge in [-0.25, -0.2) is 9.59 Å².